The van der Waals surface area contributed by atoms with E-state index < -0.39 is 21.8 Å². The maximum atomic E-state index is 12.8. The van der Waals surface area contributed by atoms with Crippen LogP contribution in [0.15, 0.2) is 30.5 Å². The van der Waals surface area contributed by atoms with Gasteiger partial charge in [0, 0.05) is 5.56 Å². The summed E-state index contributed by atoms with van der Waals surface area (Å²) in [6, 6.07) is 4.94. The van der Waals surface area contributed by atoms with Gasteiger partial charge in [0.2, 0.25) is 0 Å². The average molecular weight is 284 g/mol. The van der Waals surface area contributed by atoms with Crippen LogP contribution >= 0.6 is 0 Å². The van der Waals surface area contributed by atoms with Gasteiger partial charge in [0.1, 0.15) is 17.1 Å². The van der Waals surface area contributed by atoms with Crippen molar-refractivity contribution in [1.29, 1.82) is 0 Å². The Hall–Kier alpha value is -2.22. The Morgan fingerprint density at radius 3 is 2.37 bits per heavy atom. The largest absolute Gasteiger partial charge is 0.478 e. The molecule has 6 nitrogen and oxygen atoms in total. The lowest BCUT2D eigenvalue weighted by Gasteiger charge is -1.98. The molecule has 0 radical (unpaired) electrons. The minimum Gasteiger partial charge on any atom is -0.478 e. The number of hydrogen-bond donors (Lipinski definition) is 1. The Labute approximate surface area is 108 Å². The molecule has 0 aliphatic rings. The second-order valence-electron chi connectivity index (χ2n) is 3.84. The molecular formula is C11H9FN2O4S. The average Bonchev–Trinajstić information content (AvgIpc) is 2.74. The van der Waals surface area contributed by atoms with Crippen molar-refractivity contribution in [2.45, 2.75) is 0 Å². The van der Waals surface area contributed by atoms with E-state index in [1.165, 1.54) is 12.1 Å². The molecule has 0 bridgehead atoms. The van der Waals surface area contributed by atoms with Crippen molar-refractivity contribution in [3.63, 3.8) is 0 Å². The fourth-order valence-corrected chi connectivity index (χ4v) is 2.03. The van der Waals surface area contributed by atoms with Crippen LogP contribution in [0.25, 0.3) is 11.3 Å². The number of halogens is 1. The molecule has 0 saturated carbocycles. The smallest absolute Gasteiger partial charge is 0.339 e. The van der Waals surface area contributed by atoms with E-state index in [0.29, 0.717) is 9.65 Å². The molecule has 1 aromatic carbocycles. The molecule has 2 rings (SSSR count). The molecule has 1 N–H and O–H groups in total. The van der Waals surface area contributed by atoms with Crippen molar-refractivity contribution in [3.8, 4) is 11.3 Å². The van der Waals surface area contributed by atoms with E-state index in [4.69, 9.17) is 5.11 Å². The summed E-state index contributed by atoms with van der Waals surface area (Å²) >= 11 is 0. The second-order valence-corrected chi connectivity index (χ2v) is 5.68. The SMILES string of the molecule is CS(=O)(=O)n1cc(C(=O)O)c(-c2ccc(F)cc2)n1. The number of rotatable bonds is 3. The van der Waals surface area contributed by atoms with Gasteiger partial charge in [0.25, 0.3) is 10.0 Å². The number of hydrogen-bond acceptors (Lipinski definition) is 4. The predicted molar refractivity (Wildman–Crippen MR) is 64.8 cm³/mol. The number of carboxylic acids is 1. The number of aromatic nitrogens is 2. The van der Waals surface area contributed by atoms with E-state index in [1.54, 1.807) is 0 Å². The zero-order valence-electron chi connectivity index (χ0n) is 9.74. The normalized spacial score (nSPS) is 11.5. The Morgan fingerprint density at radius 1 is 1.32 bits per heavy atom. The summed E-state index contributed by atoms with van der Waals surface area (Å²) in [6.07, 6.45) is 1.82. The van der Waals surface area contributed by atoms with Gasteiger partial charge in [0.05, 0.1) is 12.5 Å². The second kappa shape index (κ2) is 4.47. The van der Waals surface area contributed by atoms with Gasteiger partial charge in [-0.2, -0.15) is 9.19 Å². The van der Waals surface area contributed by atoms with Crippen LogP contribution < -0.4 is 0 Å². The van der Waals surface area contributed by atoms with Crippen molar-refractivity contribution >= 4 is 16.0 Å². The fraction of sp³-hybridized carbons (Fsp3) is 0.0909. The fourth-order valence-electron chi connectivity index (χ4n) is 1.50. The van der Waals surface area contributed by atoms with Crippen LogP contribution in [-0.2, 0) is 10.0 Å². The van der Waals surface area contributed by atoms with Crippen molar-refractivity contribution < 1.29 is 22.7 Å². The lowest BCUT2D eigenvalue weighted by molar-refractivity contribution is 0.0698. The number of benzene rings is 1. The van der Waals surface area contributed by atoms with Gasteiger partial charge in [-0.1, -0.05) is 0 Å². The van der Waals surface area contributed by atoms with Gasteiger partial charge in [-0.05, 0) is 24.3 Å². The van der Waals surface area contributed by atoms with Gasteiger partial charge in [-0.3, -0.25) is 0 Å². The molecule has 100 valence electrons. The highest BCUT2D eigenvalue weighted by Crippen LogP contribution is 2.23. The van der Waals surface area contributed by atoms with E-state index in [0.717, 1.165) is 24.6 Å². The Bertz CT molecular complexity index is 735. The molecule has 1 aromatic heterocycles. The molecule has 0 aliphatic carbocycles. The van der Waals surface area contributed by atoms with Gasteiger partial charge in [0.15, 0.2) is 0 Å². The molecule has 1 heterocycles. The molecule has 0 unspecified atom stereocenters. The zero-order chi connectivity index (χ0) is 14.2. The molecule has 0 amide bonds. The third-order valence-electron chi connectivity index (χ3n) is 2.38. The summed E-state index contributed by atoms with van der Waals surface area (Å²) in [5.41, 5.74) is 0.0242. The maximum absolute atomic E-state index is 12.8. The van der Waals surface area contributed by atoms with Crippen molar-refractivity contribution in [3.05, 3.63) is 41.8 Å². The van der Waals surface area contributed by atoms with Crippen LogP contribution in [0.5, 0.6) is 0 Å². The Balaban J connectivity index is 2.65. The van der Waals surface area contributed by atoms with E-state index in [1.807, 2.05) is 0 Å². The Morgan fingerprint density at radius 2 is 1.89 bits per heavy atom. The summed E-state index contributed by atoms with van der Waals surface area (Å²) in [5.74, 6) is -1.79. The van der Waals surface area contributed by atoms with Crippen LogP contribution in [0.1, 0.15) is 10.4 Å². The minimum absolute atomic E-state index is 0.0297. The highest BCUT2D eigenvalue weighted by Gasteiger charge is 2.20. The van der Waals surface area contributed by atoms with Gasteiger partial charge >= 0.3 is 5.97 Å². The van der Waals surface area contributed by atoms with Crippen molar-refractivity contribution in [2.75, 3.05) is 6.26 Å². The highest BCUT2D eigenvalue weighted by molar-refractivity contribution is 7.89. The third kappa shape index (κ3) is 2.63. The van der Waals surface area contributed by atoms with Crippen LogP contribution in [0.2, 0.25) is 0 Å². The Kier molecular flexibility index (Phi) is 3.11. The molecule has 2 aromatic rings. The highest BCUT2D eigenvalue weighted by atomic mass is 32.2. The van der Waals surface area contributed by atoms with E-state index >= 15 is 0 Å². The molecule has 0 spiro atoms. The monoisotopic (exact) mass is 284 g/mol. The quantitative estimate of drug-likeness (QED) is 0.914. The lowest BCUT2D eigenvalue weighted by Crippen LogP contribution is -2.10. The maximum Gasteiger partial charge on any atom is 0.339 e. The summed E-state index contributed by atoms with van der Waals surface area (Å²) < 4.78 is 36.1. The van der Waals surface area contributed by atoms with Crippen molar-refractivity contribution in [2.24, 2.45) is 0 Å². The summed E-state index contributed by atoms with van der Waals surface area (Å²) in [7, 11) is -3.69. The molecule has 8 heteroatoms. The van der Waals surface area contributed by atoms with E-state index in [9.17, 15) is 17.6 Å². The minimum atomic E-state index is -3.69. The first-order valence-electron chi connectivity index (χ1n) is 5.08. The molecule has 0 saturated heterocycles. The van der Waals surface area contributed by atoms with Crippen LogP contribution in [0.4, 0.5) is 4.39 Å². The number of nitrogens with zero attached hydrogens (tertiary/aromatic N) is 2. The molecule has 19 heavy (non-hydrogen) atoms. The van der Waals surface area contributed by atoms with Gasteiger partial charge in [-0.15, -0.1) is 0 Å². The van der Waals surface area contributed by atoms with Crippen LogP contribution in [-0.4, -0.2) is 34.9 Å². The lowest BCUT2D eigenvalue weighted by atomic mass is 10.1. The predicted octanol–water partition coefficient (Wildman–Crippen LogP) is 1.20. The topological polar surface area (TPSA) is 89.3 Å². The van der Waals surface area contributed by atoms with Crippen LogP contribution in [0, 0.1) is 5.82 Å². The number of aromatic carboxylic acids is 1. The first kappa shape index (κ1) is 13.2. The third-order valence-corrected chi connectivity index (χ3v) is 3.25. The number of carbonyl (C=O) groups is 1. The zero-order valence-corrected chi connectivity index (χ0v) is 10.6. The summed E-state index contributed by atoms with van der Waals surface area (Å²) in [6.45, 7) is 0. The summed E-state index contributed by atoms with van der Waals surface area (Å²) in [5, 5.41) is 12.8. The van der Waals surface area contributed by atoms with E-state index in [-0.39, 0.29) is 11.3 Å². The molecule has 0 aliphatic heterocycles. The summed E-state index contributed by atoms with van der Waals surface area (Å²) in [4.78, 5) is 11.1. The van der Waals surface area contributed by atoms with Crippen LogP contribution in [0.3, 0.4) is 0 Å². The van der Waals surface area contributed by atoms with Gasteiger partial charge < -0.3 is 5.11 Å². The standard InChI is InChI=1S/C11H9FN2O4S/c1-19(17,18)14-6-9(11(15)16)10(13-14)7-2-4-8(12)5-3-7/h2-6H,1H3,(H,15,16). The van der Waals surface area contributed by atoms with E-state index in [2.05, 4.69) is 5.10 Å². The molecule has 0 fully saturated rings. The number of carboxylic acid groups (broad SMARTS) is 1. The first-order chi connectivity index (χ1) is 8.79. The first-order valence-corrected chi connectivity index (χ1v) is 6.93. The molecular weight excluding hydrogens is 275 g/mol. The molecule has 0 atom stereocenters. The van der Waals surface area contributed by atoms with Crippen molar-refractivity contribution in [1.82, 2.24) is 9.19 Å². The van der Waals surface area contributed by atoms with Gasteiger partial charge in [-0.25, -0.2) is 17.6 Å².